The molecule has 0 radical (unpaired) electrons. The number of hydrogen-bond donors (Lipinski definition) is 2. The molecule has 3 heterocycles. The summed E-state index contributed by atoms with van der Waals surface area (Å²) in [5.74, 6) is -1.74. The van der Waals surface area contributed by atoms with Crippen LogP contribution in [0.4, 0.5) is 9.59 Å². The van der Waals surface area contributed by atoms with E-state index in [1.165, 1.54) is 4.90 Å². The van der Waals surface area contributed by atoms with Gasteiger partial charge in [0, 0.05) is 26.1 Å². The molecule has 1 aromatic rings. The van der Waals surface area contributed by atoms with Gasteiger partial charge in [-0.2, -0.15) is 0 Å². The third kappa shape index (κ3) is 7.20. The number of carbonyl (C=O) groups excluding carboxylic acids is 3. The van der Waals surface area contributed by atoms with Crippen LogP contribution in [0, 0.1) is 5.41 Å². The number of amides is 3. The number of ether oxygens (including phenoxy) is 3. The van der Waals surface area contributed by atoms with Crippen LogP contribution in [-0.4, -0.2) is 76.9 Å². The minimum Gasteiger partial charge on any atom is -0.480 e. The first-order chi connectivity index (χ1) is 18.5. The quantitative estimate of drug-likeness (QED) is 0.548. The zero-order chi connectivity index (χ0) is 28.2. The van der Waals surface area contributed by atoms with Gasteiger partial charge in [0.1, 0.15) is 18.2 Å². The van der Waals surface area contributed by atoms with Crippen molar-refractivity contribution >= 4 is 24.1 Å². The van der Waals surface area contributed by atoms with Gasteiger partial charge in [-0.3, -0.25) is 9.69 Å². The van der Waals surface area contributed by atoms with E-state index in [0.29, 0.717) is 32.7 Å². The molecule has 4 rings (SSSR count). The summed E-state index contributed by atoms with van der Waals surface area (Å²) in [7, 11) is 0. The molecule has 1 saturated heterocycles. The molecule has 0 aliphatic carbocycles. The first kappa shape index (κ1) is 28.7. The van der Waals surface area contributed by atoms with Gasteiger partial charge in [-0.25, -0.2) is 14.4 Å². The van der Waals surface area contributed by atoms with Gasteiger partial charge < -0.3 is 29.5 Å². The van der Waals surface area contributed by atoms with Gasteiger partial charge in [0.15, 0.2) is 0 Å². The molecule has 11 nitrogen and oxygen atoms in total. The molecule has 1 unspecified atom stereocenters. The summed E-state index contributed by atoms with van der Waals surface area (Å²) in [5.41, 5.74) is 2.37. The van der Waals surface area contributed by atoms with E-state index in [-0.39, 0.29) is 19.6 Å². The Balaban J connectivity index is 1.52. The maximum absolute atomic E-state index is 13.6. The van der Waals surface area contributed by atoms with E-state index < -0.39 is 47.7 Å². The lowest BCUT2D eigenvalue weighted by atomic mass is 9.85. The average molecular weight is 546 g/mol. The molecule has 2 N–H and O–H groups in total. The predicted molar refractivity (Wildman–Crippen MR) is 140 cm³/mol. The van der Waals surface area contributed by atoms with Crippen LogP contribution in [0.1, 0.15) is 69.6 Å². The summed E-state index contributed by atoms with van der Waals surface area (Å²) in [6.07, 6.45) is 1.27. The van der Waals surface area contributed by atoms with Crippen molar-refractivity contribution in [2.24, 2.45) is 5.41 Å². The fourth-order valence-electron chi connectivity index (χ4n) is 5.23. The van der Waals surface area contributed by atoms with Crippen molar-refractivity contribution < 1.29 is 38.5 Å². The van der Waals surface area contributed by atoms with Crippen molar-refractivity contribution in [1.82, 2.24) is 15.1 Å². The Morgan fingerprint density at radius 1 is 1.03 bits per heavy atom. The number of cyclic esters (lactones) is 1. The van der Waals surface area contributed by atoms with Crippen molar-refractivity contribution in [2.75, 3.05) is 19.8 Å². The molecule has 3 aliphatic heterocycles. The van der Waals surface area contributed by atoms with Gasteiger partial charge in [0.2, 0.25) is 5.91 Å². The first-order valence-electron chi connectivity index (χ1n) is 13.6. The van der Waals surface area contributed by atoms with Gasteiger partial charge in [0.25, 0.3) is 0 Å². The van der Waals surface area contributed by atoms with Gasteiger partial charge in [-0.1, -0.05) is 45.4 Å². The number of carboxylic acid groups (broad SMARTS) is 1. The van der Waals surface area contributed by atoms with Crippen LogP contribution in [0.25, 0.3) is 0 Å². The van der Waals surface area contributed by atoms with Crippen molar-refractivity contribution in [3.63, 3.8) is 0 Å². The fourth-order valence-corrected chi connectivity index (χ4v) is 5.23. The largest absolute Gasteiger partial charge is 0.480 e. The monoisotopic (exact) mass is 545 g/mol. The van der Waals surface area contributed by atoms with Crippen molar-refractivity contribution in [3.05, 3.63) is 34.9 Å². The van der Waals surface area contributed by atoms with E-state index in [2.05, 4.69) is 5.32 Å². The molecule has 0 aromatic heterocycles. The Labute approximate surface area is 228 Å². The zero-order valence-electron chi connectivity index (χ0n) is 22.9. The summed E-state index contributed by atoms with van der Waals surface area (Å²) < 4.78 is 16.8. The SMILES string of the molecule is CC(C)(C)[C@@H]1NC(=O)OCCCCCCOCc2ccc3c(c2)CN(C3)C(=O)O[C@@H]2CC(C(=O)O)N(C2)C1=O. The van der Waals surface area contributed by atoms with E-state index in [4.69, 9.17) is 14.2 Å². The van der Waals surface area contributed by atoms with Gasteiger partial charge in [-0.05, 0) is 41.4 Å². The van der Waals surface area contributed by atoms with E-state index in [9.17, 15) is 24.3 Å². The third-order valence-electron chi connectivity index (χ3n) is 7.41. The number of hydrogen-bond acceptors (Lipinski definition) is 7. The van der Waals surface area contributed by atoms with Crippen molar-refractivity contribution in [2.45, 2.75) is 90.8 Å². The molecule has 11 heteroatoms. The highest BCUT2D eigenvalue weighted by Gasteiger charge is 2.46. The summed E-state index contributed by atoms with van der Waals surface area (Å²) in [6.45, 7) is 7.37. The lowest BCUT2D eigenvalue weighted by Gasteiger charge is -2.34. The number of rotatable bonds is 1. The molecule has 1 fully saturated rings. The molecule has 39 heavy (non-hydrogen) atoms. The number of nitrogens with one attached hydrogen (secondary N) is 1. The molecule has 0 saturated carbocycles. The highest BCUT2D eigenvalue weighted by atomic mass is 16.6. The van der Waals surface area contributed by atoms with Gasteiger partial charge in [-0.15, -0.1) is 0 Å². The molecular formula is C28H39N3O8. The van der Waals surface area contributed by atoms with E-state index in [1.807, 2.05) is 18.2 Å². The molecule has 3 aliphatic rings. The normalized spacial score (nSPS) is 25.7. The molecular weight excluding hydrogens is 506 g/mol. The number of carbonyl (C=O) groups is 4. The average Bonchev–Trinajstić information content (AvgIpc) is 3.49. The minimum atomic E-state index is -1.19. The lowest BCUT2D eigenvalue weighted by molar-refractivity contribution is -0.150. The maximum Gasteiger partial charge on any atom is 0.410 e. The van der Waals surface area contributed by atoms with Crippen LogP contribution in [0.3, 0.4) is 0 Å². The Bertz CT molecular complexity index is 1090. The van der Waals surface area contributed by atoms with Gasteiger partial charge in [0.05, 0.1) is 19.8 Å². The third-order valence-corrected chi connectivity index (χ3v) is 7.41. The van der Waals surface area contributed by atoms with Crippen molar-refractivity contribution in [3.8, 4) is 0 Å². The van der Waals surface area contributed by atoms with Gasteiger partial charge >= 0.3 is 18.2 Å². The Kier molecular flexibility index (Phi) is 8.99. The maximum atomic E-state index is 13.6. The molecule has 3 atom stereocenters. The van der Waals surface area contributed by atoms with Crippen LogP contribution in [-0.2, 0) is 43.5 Å². The van der Waals surface area contributed by atoms with Crippen LogP contribution < -0.4 is 5.32 Å². The Morgan fingerprint density at radius 3 is 2.46 bits per heavy atom. The molecule has 1 aromatic carbocycles. The zero-order valence-corrected chi connectivity index (χ0v) is 22.9. The van der Waals surface area contributed by atoms with Crippen LogP contribution >= 0.6 is 0 Å². The number of alkyl carbamates (subject to hydrolysis) is 1. The highest BCUT2D eigenvalue weighted by Crippen LogP contribution is 2.29. The Hall–Kier alpha value is -3.34. The number of carboxylic acids is 1. The first-order valence-corrected chi connectivity index (χ1v) is 13.6. The minimum absolute atomic E-state index is 0.0314. The van der Waals surface area contributed by atoms with Crippen LogP contribution in [0.15, 0.2) is 18.2 Å². The second-order valence-electron chi connectivity index (χ2n) is 11.6. The van der Waals surface area contributed by atoms with E-state index >= 15 is 0 Å². The summed E-state index contributed by atoms with van der Waals surface area (Å²) in [6, 6.07) is 3.83. The highest BCUT2D eigenvalue weighted by molar-refractivity contribution is 5.90. The Morgan fingerprint density at radius 2 is 1.74 bits per heavy atom. The number of benzene rings is 1. The molecule has 214 valence electrons. The fraction of sp³-hybridized carbons (Fsp3) is 0.643. The van der Waals surface area contributed by atoms with Crippen LogP contribution in [0.2, 0.25) is 0 Å². The second-order valence-corrected chi connectivity index (χ2v) is 11.6. The second kappa shape index (κ2) is 12.2. The van der Waals surface area contributed by atoms with E-state index in [0.717, 1.165) is 36.0 Å². The number of aliphatic carboxylic acids is 1. The smallest absolute Gasteiger partial charge is 0.410 e. The number of nitrogens with zero attached hydrogens (tertiary/aromatic N) is 2. The van der Waals surface area contributed by atoms with Crippen LogP contribution in [0.5, 0.6) is 0 Å². The van der Waals surface area contributed by atoms with E-state index in [1.54, 1.807) is 25.7 Å². The van der Waals surface area contributed by atoms with Crippen molar-refractivity contribution in [1.29, 1.82) is 0 Å². The standard InChI is InChI=1S/C28H39N3O8/c1-28(2,3)23-24(32)31-16-21(13-22(31)25(33)34)39-27(36)30-14-19-9-8-18(12-20(19)15-30)17-37-10-6-4-5-7-11-38-26(35)29-23/h8-9,12,21-23H,4-7,10-11,13-17H2,1-3H3,(H,29,35)(H,33,34)/t21-,22?,23-/m1/s1. The lowest BCUT2D eigenvalue weighted by Crippen LogP contribution is -2.57. The molecule has 3 amide bonds. The topological polar surface area (TPSA) is 135 Å². The number of fused-ring (bicyclic) bond motifs is 4. The summed E-state index contributed by atoms with van der Waals surface area (Å²) >= 11 is 0. The molecule has 0 spiro atoms. The summed E-state index contributed by atoms with van der Waals surface area (Å²) in [4.78, 5) is 54.0. The molecule has 5 bridgehead atoms. The summed E-state index contributed by atoms with van der Waals surface area (Å²) in [5, 5.41) is 12.5. The predicted octanol–water partition coefficient (Wildman–Crippen LogP) is 3.42.